The maximum Gasteiger partial charge on any atom is 0.251 e. The Morgan fingerprint density at radius 3 is 2.46 bits per heavy atom. The number of rotatable bonds is 7. The maximum absolute atomic E-state index is 13.0. The molecule has 0 spiro atoms. The number of carbonyl (C=O) groups is 1. The van der Waals surface area contributed by atoms with Gasteiger partial charge in [-0.25, -0.2) is 0 Å². The number of aryl methyl sites for hydroxylation is 1. The SMILES string of the molecule is COc1cccc(/C=C/C(=O)N(Cc2ccco2)c2ccc(C)cc2)c1OC. The molecule has 2 aromatic carbocycles. The minimum absolute atomic E-state index is 0.162. The third kappa shape index (κ3) is 4.43. The van der Waals surface area contributed by atoms with Gasteiger partial charge in [-0.1, -0.05) is 29.8 Å². The lowest BCUT2D eigenvalue weighted by Gasteiger charge is -2.20. The van der Waals surface area contributed by atoms with Crippen LogP contribution in [-0.4, -0.2) is 20.1 Å². The van der Waals surface area contributed by atoms with Crippen molar-refractivity contribution in [3.63, 3.8) is 0 Å². The zero-order valence-electron chi connectivity index (χ0n) is 16.2. The number of nitrogens with zero attached hydrogens (tertiary/aromatic N) is 1. The number of anilines is 1. The molecule has 3 rings (SSSR count). The molecule has 0 aliphatic rings. The quantitative estimate of drug-likeness (QED) is 0.552. The number of para-hydroxylation sites is 1. The number of amides is 1. The Balaban J connectivity index is 1.89. The highest BCUT2D eigenvalue weighted by Crippen LogP contribution is 2.31. The highest BCUT2D eigenvalue weighted by atomic mass is 16.5. The first-order valence-corrected chi connectivity index (χ1v) is 8.92. The van der Waals surface area contributed by atoms with E-state index >= 15 is 0 Å². The van der Waals surface area contributed by atoms with Crippen LogP contribution in [0, 0.1) is 6.92 Å². The minimum atomic E-state index is -0.162. The van der Waals surface area contributed by atoms with Gasteiger partial charge >= 0.3 is 0 Å². The molecular formula is C23H23NO4. The molecule has 0 bridgehead atoms. The number of hydrogen-bond donors (Lipinski definition) is 0. The highest BCUT2D eigenvalue weighted by Gasteiger charge is 2.16. The molecule has 0 radical (unpaired) electrons. The first-order chi connectivity index (χ1) is 13.6. The number of hydrogen-bond acceptors (Lipinski definition) is 4. The molecule has 0 saturated heterocycles. The predicted octanol–water partition coefficient (Wildman–Crippen LogP) is 4.85. The molecule has 0 saturated carbocycles. The maximum atomic E-state index is 13.0. The normalized spacial score (nSPS) is 10.8. The van der Waals surface area contributed by atoms with Gasteiger partial charge < -0.3 is 18.8 Å². The van der Waals surface area contributed by atoms with E-state index in [-0.39, 0.29) is 5.91 Å². The molecule has 28 heavy (non-hydrogen) atoms. The van der Waals surface area contributed by atoms with Gasteiger partial charge in [-0.05, 0) is 43.3 Å². The van der Waals surface area contributed by atoms with Gasteiger partial charge in [-0.2, -0.15) is 0 Å². The van der Waals surface area contributed by atoms with Crippen LogP contribution in [-0.2, 0) is 11.3 Å². The summed E-state index contributed by atoms with van der Waals surface area (Å²) >= 11 is 0. The van der Waals surface area contributed by atoms with Gasteiger partial charge in [-0.15, -0.1) is 0 Å². The summed E-state index contributed by atoms with van der Waals surface area (Å²) in [6.07, 6.45) is 4.86. The fourth-order valence-electron chi connectivity index (χ4n) is 2.87. The molecule has 144 valence electrons. The second-order valence-corrected chi connectivity index (χ2v) is 6.26. The third-order valence-electron chi connectivity index (χ3n) is 4.34. The lowest BCUT2D eigenvalue weighted by Crippen LogP contribution is -2.28. The summed E-state index contributed by atoms with van der Waals surface area (Å²) in [5.74, 6) is 1.75. The molecule has 0 N–H and O–H groups in total. The van der Waals surface area contributed by atoms with Crippen molar-refractivity contribution in [1.29, 1.82) is 0 Å². The molecule has 3 aromatic rings. The van der Waals surface area contributed by atoms with Crippen molar-refractivity contribution >= 4 is 17.7 Å². The molecule has 1 amide bonds. The number of furan rings is 1. The van der Waals surface area contributed by atoms with E-state index in [1.807, 2.05) is 61.5 Å². The average molecular weight is 377 g/mol. The van der Waals surface area contributed by atoms with Crippen molar-refractivity contribution in [3.05, 3.63) is 83.8 Å². The Kier molecular flexibility index (Phi) is 6.17. The highest BCUT2D eigenvalue weighted by molar-refractivity contribution is 6.04. The fraction of sp³-hybridized carbons (Fsp3) is 0.174. The van der Waals surface area contributed by atoms with Crippen LogP contribution in [0.4, 0.5) is 5.69 Å². The van der Waals surface area contributed by atoms with Crippen molar-refractivity contribution in [2.45, 2.75) is 13.5 Å². The van der Waals surface area contributed by atoms with E-state index in [9.17, 15) is 4.79 Å². The molecule has 0 fully saturated rings. The Morgan fingerprint density at radius 1 is 1.04 bits per heavy atom. The minimum Gasteiger partial charge on any atom is -0.493 e. The molecule has 0 aliphatic heterocycles. The first-order valence-electron chi connectivity index (χ1n) is 8.92. The second-order valence-electron chi connectivity index (χ2n) is 6.26. The standard InChI is InChI=1S/C23H23NO4/c1-17-9-12-19(13-10-17)24(16-20-7-5-15-28-20)22(25)14-11-18-6-4-8-21(26-2)23(18)27-3/h4-15H,16H2,1-3H3/b14-11+. The van der Waals surface area contributed by atoms with E-state index in [2.05, 4.69) is 0 Å². The summed E-state index contributed by atoms with van der Waals surface area (Å²) in [7, 11) is 3.16. The summed E-state index contributed by atoms with van der Waals surface area (Å²) < 4.78 is 16.2. The van der Waals surface area contributed by atoms with E-state index in [4.69, 9.17) is 13.9 Å². The lowest BCUT2D eigenvalue weighted by molar-refractivity contribution is -0.114. The van der Waals surface area contributed by atoms with Crippen molar-refractivity contribution in [2.24, 2.45) is 0 Å². The lowest BCUT2D eigenvalue weighted by atomic mass is 10.1. The smallest absolute Gasteiger partial charge is 0.251 e. The first kappa shape index (κ1) is 19.3. The third-order valence-corrected chi connectivity index (χ3v) is 4.34. The van der Waals surface area contributed by atoms with E-state index in [1.165, 1.54) is 6.08 Å². The summed E-state index contributed by atoms with van der Waals surface area (Å²) in [6, 6.07) is 17.0. The van der Waals surface area contributed by atoms with Crippen LogP contribution in [0.25, 0.3) is 6.08 Å². The van der Waals surface area contributed by atoms with Crippen molar-refractivity contribution < 1.29 is 18.7 Å². The van der Waals surface area contributed by atoms with Gasteiger partial charge in [0.15, 0.2) is 11.5 Å². The average Bonchev–Trinajstić information content (AvgIpc) is 3.24. The van der Waals surface area contributed by atoms with E-state index in [0.717, 1.165) is 16.8 Å². The van der Waals surface area contributed by atoms with Gasteiger partial charge in [0.1, 0.15) is 5.76 Å². The fourth-order valence-corrected chi connectivity index (χ4v) is 2.87. The van der Waals surface area contributed by atoms with E-state index < -0.39 is 0 Å². The molecule has 5 nitrogen and oxygen atoms in total. The van der Waals surface area contributed by atoms with Crippen LogP contribution in [0.5, 0.6) is 11.5 Å². The van der Waals surface area contributed by atoms with Gasteiger partial charge in [0.25, 0.3) is 5.91 Å². The molecule has 5 heteroatoms. The molecule has 1 aromatic heterocycles. The van der Waals surface area contributed by atoms with Gasteiger partial charge in [-0.3, -0.25) is 4.79 Å². The summed E-state index contributed by atoms with van der Waals surface area (Å²) in [5.41, 5.74) is 2.69. The number of carbonyl (C=O) groups excluding carboxylic acids is 1. The van der Waals surface area contributed by atoms with Crippen LogP contribution in [0.1, 0.15) is 16.9 Å². The Hall–Kier alpha value is -3.47. The second kappa shape index (κ2) is 8.95. The molecule has 1 heterocycles. The van der Waals surface area contributed by atoms with Gasteiger partial charge in [0, 0.05) is 17.3 Å². The molecule has 0 atom stereocenters. The van der Waals surface area contributed by atoms with Crippen LogP contribution < -0.4 is 14.4 Å². The number of ether oxygens (including phenoxy) is 2. The largest absolute Gasteiger partial charge is 0.493 e. The Morgan fingerprint density at radius 2 is 1.82 bits per heavy atom. The van der Waals surface area contributed by atoms with Crippen molar-refractivity contribution in [1.82, 2.24) is 0 Å². The summed E-state index contributed by atoms with van der Waals surface area (Å²) in [5, 5.41) is 0. The van der Waals surface area contributed by atoms with Gasteiger partial charge in [0.2, 0.25) is 0 Å². The molecule has 0 unspecified atom stereocenters. The summed E-state index contributed by atoms with van der Waals surface area (Å²) in [4.78, 5) is 14.7. The number of methoxy groups -OCH3 is 2. The molecule has 0 aliphatic carbocycles. The Labute approximate surface area is 164 Å². The van der Waals surface area contributed by atoms with Crippen LogP contribution in [0.15, 0.2) is 71.4 Å². The Bertz CT molecular complexity index is 943. The predicted molar refractivity (Wildman–Crippen MR) is 110 cm³/mol. The zero-order valence-corrected chi connectivity index (χ0v) is 16.2. The van der Waals surface area contributed by atoms with Crippen molar-refractivity contribution in [2.75, 3.05) is 19.1 Å². The van der Waals surface area contributed by atoms with Gasteiger partial charge in [0.05, 0.1) is 27.0 Å². The van der Waals surface area contributed by atoms with Crippen molar-refractivity contribution in [3.8, 4) is 11.5 Å². The van der Waals surface area contributed by atoms with Crippen LogP contribution >= 0.6 is 0 Å². The summed E-state index contributed by atoms with van der Waals surface area (Å²) in [6.45, 7) is 2.35. The van der Waals surface area contributed by atoms with Crippen LogP contribution in [0.2, 0.25) is 0 Å². The monoisotopic (exact) mass is 377 g/mol. The van der Waals surface area contributed by atoms with Crippen LogP contribution in [0.3, 0.4) is 0 Å². The molecular weight excluding hydrogens is 354 g/mol. The topological polar surface area (TPSA) is 51.9 Å². The zero-order chi connectivity index (χ0) is 19.9. The number of benzene rings is 2. The van der Waals surface area contributed by atoms with E-state index in [0.29, 0.717) is 23.8 Å². The van der Waals surface area contributed by atoms with E-state index in [1.54, 1.807) is 31.5 Å².